The highest BCUT2D eigenvalue weighted by molar-refractivity contribution is 5.88. The van der Waals surface area contributed by atoms with Crippen LogP contribution in [0.4, 0.5) is 9.59 Å². The van der Waals surface area contributed by atoms with Gasteiger partial charge in [-0.05, 0) is 37.7 Å². The second kappa shape index (κ2) is 9.57. The number of carbonyl (C=O) groups is 3. The van der Waals surface area contributed by atoms with Crippen LogP contribution >= 0.6 is 0 Å². The first-order chi connectivity index (χ1) is 14.0. The summed E-state index contributed by atoms with van der Waals surface area (Å²) in [6.45, 7) is 0.263. The van der Waals surface area contributed by atoms with Crippen molar-refractivity contribution in [1.29, 1.82) is 0 Å². The highest BCUT2D eigenvalue weighted by Gasteiger charge is 2.42. The van der Waals surface area contributed by atoms with E-state index in [9.17, 15) is 19.5 Å². The molecule has 1 aliphatic carbocycles. The van der Waals surface area contributed by atoms with E-state index in [1.54, 1.807) is 0 Å². The summed E-state index contributed by atoms with van der Waals surface area (Å²) in [5, 5.41) is 23.6. The SMILES string of the molecule is O=C(NC1CCN(N(C(=O)O)C2CCC[C@@H](NO)C2)C1=O)OCc1ccccc1. The smallest absolute Gasteiger partial charge is 0.426 e. The van der Waals surface area contributed by atoms with E-state index in [1.807, 2.05) is 30.3 Å². The maximum absolute atomic E-state index is 12.7. The Bertz CT molecular complexity index is 731. The summed E-state index contributed by atoms with van der Waals surface area (Å²) in [4.78, 5) is 36.6. The highest BCUT2D eigenvalue weighted by Crippen LogP contribution is 2.27. The summed E-state index contributed by atoms with van der Waals surface area (Å²) in [5.41, 5.74) is 3.02. The van der Waals surface area contributed by atoms with Crippen LogP contribution in [0.5, 0.6) is 0 Å². The number of carboxylic acid groups (broad SMARTS) is 1. The van der Waals surface area contributed by atoms with Gasteiger partial charge < -0.3 is 20.4 Å². The van der Waals surface area contributed by atoms with Gasteiger partial charge in [-0.2, -0.15) is 0 Å². The minimum Gasteiger partial charge on any atom is -0.464 e. The van der Waals surface area contributed by atoms with Gasteiger partial charge in [-0.1, -0.05) is 30.3 Å². The van der Waals surface area contributed by atoms with Crippen LogP contribution in [0.1, 0.15) is 37.7 Å². The molecule has 1 aromatic rings. The van der Waals surface area contributed by atoms with Crippen molar-refractivity contribution in [1.82, 2.24) is 20.8 Å². The van der Waals surface area contributed by atoms with Gasteiger partial charge in [0.2, 0.25) is 0 Å². The predicted molar refractivity (Wildman–Crippen MR) is 101 cm³/mol. The van der Waals surface area contributed by atoms with Crippen LogP contribution in [0, 0.1) is 0 Å². The third kappa shape index (κ3) is 5.15. The van der Waals surface area contributed by atoms with Crippen molar-refractivity contribution in [3.05, 3.63) is 35.9 Å². The first-order valence-electron chi connectivity index (χ1n) is 9.70. The lowest BCUT2D eigenvalue weighted by molar-refractivity contribution is -0.146. The summed E-state index contributed by atoms with van der Waals surface area (Å²) in [5.74, 6) is -0.483. The van der Waals surface area contributed by atoms with Gasteiger partial charge in [-0.15, -0.1) is 0 Å². The van der Waals surface area contributed by atoms with Crippen LogP contribution in [0.15, 0.2) is 30.3 Å². The number of benzene rings is 1. The first-order valence-corrected chi connectivity index (χ1v) is 9.70. The number of nitrogens with one attached hydrogen (secondary N) is 2. The number of hydrogen-bond acceptors (Lipinski definition) is 6. The number of carbonyl (C=O) groups excluding carboxylic acids is 2. The normalized spacial score (nSPS) is 24.2. The summed E-state index contributed by atoms with van der Waals surface area (Å²) >= 11 is 0. The molecule has 3 amide bonds. The third-order valence-corrected chi connectivity index (χ3v) is 5.32. The summed E-state index contributed by atoms with van der Waals surface area (Å²) in [7, 11) is 0. The van der Waals surface area contributed by atoms with Crippen LogP contribution in [-0.4, -0.2) is 63.1 Å². The molecule has 1 aromatic carbocycles. The molecule has 10 heteroatoms. The van der Waals surface area contributed by atoms with E-state index in [-0.39, 0.29) is 25.6 Å². The third-order valence-electron chi connectivity index (χ3n) is 5.32. The average Bonchev–Trinajstić information content (AvgIpc) is 3.07. The van der Waals surface area contributed by atoms with Gasteiger partial charge in [0.1, 0.15) is 12.6 Å². The molecule has 0 spiro atoms. The molecule has 2 unspecified atom stereocenters. The number of ether oxygens (including phenoxy) is 1. The van der Waals surface area contributed by atoms with Crippen LogP contribution in [0.25, 0.3) is 0 Å². The van der Waals surface area contributed by atoms with E-state index in [0.29, 0.717) is 12.8 Å². The van der Waals surface area contributed by atoms with Crippen LogP contribution < -0.4 is 10.8 Å². The zero-order valence-corrected chi connectivity index (χ0v) is 16.0. The van der Waals surface area contributed by atoms with Gasteiger partial charge in [-0.25, -0.2) is 25.1 Å². The molecular formula is C19H26N4O6. The van der Waals surface area contributed by atoms with Crippen molar-refractivity contribution in [2.24, 2.45) is 0 Å². The monoisotopic (exact) mass is 406 g/mol. The number of alkyl carbamates (subject to hydrolysis) is 1. The van der Waals surface area contributed by atoms with E-state index in [4.69, 9.17) is 9.94 Å². The van der Waals surface area contributed by atoms with E-state index in [0.717, 1.165) is 23.4 Å². The maximum Gasteiger partial charge on any atom is 0.426 e. The van der Waals surface area contributed by atoms with E-state index in [1.165, 1.54) is 5.01 Å². The van der Waals surface area contributed by atoms with E-state index < -0.39 is 30.2 Å². The Kier molecular flexibility index (Phi) is 6.89. The van der Waals surface area contributed by atoms with Crippen molar-refractivity contribution in [2.45, 2.75) is 56.8 Å². The van der Waals surface area contributed by atoms with Crippen molar-refractivity contribution in [2.75, 3.05) is 6.54 Å². The quantitative estimate of drug-likeness (QED) is 0.529. The molecule has 1 aliphatic heterocycles. The van der Waals surface area contributed by atoms with Crippen LogP contribution in [0.2, 0.25) is 0 Å². The van der Waals surface area contributed by atoms with Gasteiger partial charge in [-0.3, -0.25) is 4.79 Å². The largest absolute Gasteiger partial charge is 0.464 e. The number of hydrogen-bond donors (Lipinski definition) is 4. The second-order valence-electron chi connectivity index (χ2n) is 7.28. The number of hydrazine groups is 1. The minimum absolute atomic E-state index is 0.0795. The average molecular weight is 406 g/mol. The van der Waals surface area contributed by atoms with Gasteiger partial charge in [0, 0.05) is 12.6 Å². The zero-order valence-electron chi connectivity index (χ0n) is 16.0. The van der Waals surface area contributed by atoms with E-state index >= 15 is 0 Å². The van der Waals surface area contributed by atoms with Crippen molar-refractivity contribution < 1.29 is 29.4 Å². The molecule has 1 saturated heterocycles. The molecule has 2 aliphatic rings. The fourth-order valence-electron chi connectivity index (χ4n) is 3.88. The fourth-order valence-corrected chi connectivity index (χ4v) is 3.88. The summed E-state index contributed by atoms with van der Waals surface area (Å²) in [6.07, 6.45) is 0.827. The van der Waals surface area contributed by atoms with Crippen LogP contribution in [0.3, 0.4) is 0 Å². The molecule has 0 radical (unpaired) electrons. The topological polar surface area (TPSA) is 131 Å². The Hall–Kier alpha value is -2.85. The molecule has 10 nitrogen and oxygen atoms in total. The number of amides is 3. The maximum atomic E-state index is 12.7. The number of rotatable bonds is 6. The Morgan fingerprint density at radius 2 is 1.97 bits per heavy atom. The van der Waals surface area contributed by atoms with Gasteiger partial charge in [0.05, 0.1) is 6.04 Å². The molecule has 158 valence electrons. The second-order valence-corrected chi connectivity index (χ2v) is 7.28. The molecule has 1 heterocycles. The summed E-state index contributed by atoms with van der Waals surface area (Å²) < 4.78 is 5.14. The molecule has 3 atom stereocenters. The molecule has 1 saturated carbocycles. The van der Waals surface area contributed by atoms with Crippen molar-refractivity contribution >= 4 is 18.1 Å². The Morgan fingerprint density at radius 1 is 1.21 bits per heavy atom. The van der Waals surface area contributed by atoms with Crippen molar-refractivity contribution in [3.63, 3.8) is 0 Å². The Labute approximate surface area is 168 Å². The number of hydroxylamine groups is 1. The van der Waals surface area contributed by atoms with Crippen LogP contribution in [-0.2, 0) is 16.1 Å². The first kappa shape index (κ1) is 20.9. The Balaban J connectivity index is 1.57. The lowest BCUT2D eigenvalue weighted by Crippen LogP contribution is -2.56. The standard InChI is InChI=1S/C19H26N4O6/c24-17-16(20-18(25)29-12-13-5-2-1-3-6-13)9-10-22(17)23(19(26)27)15-8-4-7-14(11-15)21-28/h1-3,5-6,14-16,21,28H,4,7-12H2,(H,20,25)(H,26,27)/t14-,15?,16?/m1/s1. The zero-order chi connectivity index (χ0) is 20.8. The Morgan fingerprint density at radius 3 is 2.66 bits per heavy atom. The number of nitrogens with zero attached hydrogens (tertiary/aromatic N) is 2. The molecule has 0 bridgehead atoms. The lowest BCUT2D eigenvalue weighted by Gasteiger charge is -2.39. The van der Waals surface area contributed by atoms with Gasteiger partial charge in [0.25, 0.3) is 5.91 Å². The molecule has 29 heavy (non-hydrogen) atoms. The van der Waals surface area contributed by atoms with Gasteiger partial charge in [0.15, 0.2) is 0 Å². The molecule has 3 rings (SSSR count). The lowest BCUT2D eigenvalue weighted by atomic mass is 9.91. The fraction of sp³-hybridized carbons (Fsp3) is 0.526. The van der Waals surface area contributed by atoms with Crippen molar-refractivity contribution in [3.8, 4) is 0 Å². The van der Waals surface area contributed by atoms with E-state index in [2.05, 4.69) is 10.8 Å². The minimum atomic E-state index is -1.23. The van der Waals surface area contributed by atoms with Gasteiger partial charge >= 0.3 is 12.2 Å². The predicted octanol–water partition coefficient (Wildman–Crippen LogP) is 1.70. The summed E-state index contributed by atoms with van der Waals surface area (Å²) in [6, 6.07) is 7.69. The highest BCUT2D eigenvalue weighted by atomic mass is 16.5. The molecular weight excluding hydrogens is 380 g/mol. The molecule has 2 fully saturated rings. The molecule has 4 N–H and O–H groups in total. The molecule has 0 aromatic heterocycles.